The van der Waals surface area contributed by atoms with Crippen molar-refractivity contribution in [2.24, 2.45) is 7.05 Å². The summed E-state index contributed by atoms with van der Waals surface area (Å²) in [6.45, 7) is 7.76. The predicted molar refractivity (Wildman–Crippen MR) is 394 cm³/mol. The number of fused-ring (bicyclic) bond motifs is 6. The van der Waals surface area contributed by atoms with E-state index in [1.54, 1.807) is 0 Å². The van der Waals surface area contributed by atoms with Crippen LogP contribution < -0.4 is 16.7 Å². The number of H-pyrrole nitrogens is 5. The van der Waals surface area contributed by atoms with Gasteiger partial charge in [-0.1, -0.05) is 72.8 Å². The van der Waals surface area contributed by atoms with Crippen LogP contribution in [0.1, 0.15) is 16.7 Å². The quantitative estimate of drug-likeness (QED) is 0.0434. The molecule has 0 unspecified atom stereocenters. The molecule has 22 nitrogen and oxygen atoms in total. The van der Waals surface area contributed by atoms with Crippen molar-refractivity contribution in [3.05, 3.63) is 217 Å². The standard InChI is InChI=1S/C24H26N4O3S.C23H24N4O4S.C23H24N4O3S.CH2Cl2/c1-26-22-8-7-17(16-27-9-11-28(12-10-27)32(2,30)31)13-19(22)15-23(26)20-14-18-5-3-4-6-21(18)25-24(20)29;1-32(30,31)26-8-10-27(29,11-9-26)15-16-6-7-21-18(12-16)14-22(24-21)19-13-17-4-2-3-5-20(17)25-23(19)28;1-31(29,30)27-10-8-26(9-11-27)15-16-6-7-21-18(12-16)14-22(24-21)19-13-17-4-2-3-5-20(17)25-23(19)28;2-1-3/h3-8,13-15H,9-12,16H2,1-2H3,(H,25,29);2-7,12-14,24H,8-11,15H2,1H3,(H,25,28);2-7,12-14,24H,8-11,15H2,1H3,(H,25,28);1H2. The molecule has 9 heterocycles. The molecule has 512 valence electrons. The van der Waals surface area contributed by atoms with Gasteiger partial charge in [0, 0.05) is 127 Å². The van der Waals surface area contributed by atoms with Crippen LogP contribution in [0.3, 0.4) is 0 Å². The number of nitrogens with one attached hydrogen (secondary N) is 5. The van der Waals surface area contributed by atoms with Gasteiger partial charge in [-0.3, -0.25) is 24.2 Å². The molecule has 98 heavy (non-hydrogen) atoms. The highest BCUT2D eigenvalue weighted by Gasteiger charge is 2.31. The number of rotatable bonds is 12. The molecule has 0 aliphatic carbocycles. The van der Waals surface area contributed by atoms with E-state index in [0.29, 0.717) is 42.9 Å². The molecule has 3 aliphatic rings. The molecule has 15 rings (SSSR count). The maximum absolute atomic E-state index is 13.2. The van der Waals surface area contributed by atoms with Gasteiger partial charge in [-0.15, -0.1) is 23.2 Å². The number of benzene rings is 6. The van der Waals surface area contributed by atoms with E-state index in [4.69, 9.17) is 23.2 Å². The second kappa shape index (κ2) is 28.9. The van der Waals surface area contributed by atoms with Gasteiger partial charge < -0.3 is 39.3 Å². The minimum atomic E-state index is -3.27. The first-order chi connectivity index (χ1) is 46.8. The van der Waals surface area contributed by atoms with E-state index in [1.165, 1.54) is 42.8 Å². The van der Waals surface area contributed by atoms with E-state index >= 15 is 0 Å². The van der Waals surface area contributed by atoms with Gasteiger partial charge in [0.05, 0.1) is 84.1 Å². The smallest absolute Gasteiger partial charge is 0.257 e. The first kappa shape index (κ1) is 69.6. The SMILES string of the molecule is CS(=O)(=O)N1CCN(Cc2ccc3[nH]c(-c4cc5ccccc5[nH]c4=O)cc3c2)CC1.CS(=O)(=O)N1CC[N+]([O-])(Cc2ccc3[nH]c(-c4cc5ccccc5[nH]c4=O)cc3c2)CC1.ClCCl.Cn1c(-c2cc3ccccc3[nH]c2=O)cc2cc(CN3CCN(S(C)(=O)=O)CC3)ccc21. The number of sulfonamides is 3. The van der Waals surface area contributed by atoms with Crippen LogP contribution in [-0.2, 0) is 56.8 Å². The van der Waals surface area contributed by atoms with E-state index in [1.807, 2.05) is 134 Å². The topological polar surface area (TPSA) is 277 Å². The molecular weight excluding hydrogens is 1350 g/mol. The second-order valence-corrected chi connectivity index (χ2v) is 32.0. The maximum atomic E-state index is 13.2. The van der Waals surface area contributed by atoms with Crippen LogP contribution >= 0.6 is 23.2 Å². The number of alkyl halides is 2. The van der Waals surface area contributed by atoms with E-state index in [-0.39, 0.29) is 54.7 Å². The van der Waals surface area contributed by atoms with Gasteiger partial charge in [-0.2, -0.15) is 12.9 Å². The molecule has 12 aromatic rings. The third kappa shape index (κ3) is 16.1. The summed E-state index contributed by atoms with van der Waals surface area (Å²) in [6, 6.07) is 53.3. The van der Waals surface area contributed by atoms with Crippen molar-refractivity contribution >= 4 is 119 Å². The minimum absolute atomic E-state index is 0.0985. The van der Waals surface area contributed by atoms with Gasteiger partial charge in [-0.05, 0) is 118 Å². The lowest BCUT2D eigenvalue weighted by Gasteiger charge is -2.47. The van der Waals surface area contributed by atoms with E-state index < -0.39 is 34.7 Å². The van der Waals surface area contributed by atoms with Gasteiger partial charge in [0.25, 0.3) is 16.7 Å². The average Bonchev–Trinajstić information content (AvgIpc) is 1.57. The third-order valence-corrected chi connectivity index (χ3v) is 22.4. The fourth-order valence-electron chi connectivity index (χ4n) is 13.2. The molecular formula is C71H76Cl2N12O10S3. The molecule has 6 aromatic heterocycles. The number of nitrogens with zero attached hydrogens (tertiary/aromatic N) is 7. The summed E-state index contributed by atoms with van der Waals surface area (Å²) in [7, 11) is -7.52. The molecule has 0 saturated carbocycles. The third-order valence-electron chi connectivity index (χ3n) is 18.5. The molecule has 0 spiro atoms. The van der Waals surface area contributed by atoms with Gasteiger partial charge in [-0.25, -0.2) is 25.3 Å². The summed E-state index contributed by atoms with van der Waals surface area (Å²) in [5.41, 5.74) is 12.5. The van der Waals surface area contributed by atoms with Crippen LogP contribution in [-0.4, -0.2) is 185 Å². The summed E-state index contributed by atoms with van der Waals surface area (Å²) in [6.07, 6.45) is 3.71. The lowest BCUT2D eigenvalue weighted by atomic mass is 10.1. The predicted octanol–water partition coefficient (Wildman–Crippen LogP) is 9.71. The Hall–Kier alpha value is -8.28. The normalized spacial score (nSPS) is 16.2. The van der Waals surface area contributed by atoms with E-state index in [2.05, 4.69) is 75.7 Å². The average molecular weight is 1420 g/mol. The molecule has 3 fully saturated rings. The summed E-state index contributed by atoms with van der Waals surface area (Å²) >= 11 is 9.53. The highest BCUT2D eigenvalue weighted by Crippen LogP contribution is 2.31. The Morgan fingerprint density at radius 2 is 0.765 bits per heavy atom. The molecule has 3 aliphatic heterocycles. The van der Waals surface area contributed by atoms with Crippen molar-refractivity contribution in [1.29, 1.82) is 0 Å². The fraction of sp³-hybridized carbons (Fsp3) is 0.282. The zero-order chi connectivity index (χ0) is 69.3. The Bertz CT molecular complexity index is 5490. The summed E-state index contributed by atoms with van der Waals surface area (Å²) in [4.78, 5) is 58.1. The summed E-state index contributed by atoms with van der Waals surface area (Å²) in [5, 5.41) is 19.4. The number of halogens is 2. The van der Waals surface area contributed by atoms with Crippen LogP contribution in [0.4, 0.5) is 0 Å². The van der Waals surface area contributed by atoms with Crippen LogP contribution in [0.5, 0.6) is 0 Å². The van der Waals surface area contributed by atoms with Crippen molar-refractivity contribution < 1.29 is 29.9 Å². The van der Waals surface area contributed by atoms with E-state index in [0.717, 1.165) is 127 Å². The Labute approximate surface area is 576 Å². The zero-order valence-electron chi connectivity index (χ0n) is 54.6. The molecule has 27 heteroatoms. The van der Waals surface area contributed by atoms with Crippen LogP contribution in [0, 0.1) is 5.21 Å². The summed E-state index contributed by atoms with van der Waals surface area (Å²) in [5.74, 6) is 0. The largest absolute Gasteiger partial charge is 0.632 e. The number of hydrogen-bond donors (Lipinski definition) is 5. The first-order valence-electron chi connectivity index (χ1n) is 32.0. The van der Waals surface area contributed by atoms with Crippen molar-refractivity contribution in [3.8, 4) is 33.8 Å². The monoisotopic (exact) mass is 1420 g/mol. The molecule has 3 saturated heterocycles. The van der Waals surface area contributed by atoms with Crippen molar-refractivity contribution in [1.82, 2.24) is 52.2 Å². The fourth-order valence-corrected chi connectivity index (χ4v) is 15.7. The van der Waals surface area contributed by atoms with Gasteiger partial charge in [0.15, 0.2) is 0 Å². The molecule has 5 N–H and O–H groups in total. The van der Waals surface area contributed by atoms with Crippen molar-refractivity contribution in [2.75, 3.05) is 103 Å². The number of para-hydroxylation sites is 3. The van der Waals surface area contributed by atoms with E-state index in [9.17, 15) is 44.8 Å². The second-order valence-electron chi connectivity index (χ2n) is 25.3. The number of hydroxylamine groups is 3. The van der Waals surface area contributed by atoms with Gasteiger partial charge >= 0.3 is 0 Å². The highest BCUT2D eigenvalue weighted by atomic mass is 35.5. The number of aromatic nitrogens is 6. The Balaban J connectivity index is 0.000000137. The number of aromatic amines is 5. The molecule has 0 atom stereocenters. The zero-order valence-corrected chi connectivity index (χ0v) is 58.6. The number of piperazine rings is 3. The number of aryl methyl sites for hydroxylation is 1. The lowest BCUT2D eigenvalue weighted by molar-refractivity contribution is -0.897. The van der Waals surface area contributed by atoms with Crippen molar-refractivity contribution in [3.63, 3.8) is 0 Å². The highest BCUT2D eigenvalue weighted by molar-refractivity contribution is 7.88. The number of pyridine rings is 3. The Kier molecular flexibility index (Phi) is 20.5. The molecule has 6 aromatic carbocycles. The lowest BCUT2D eigenvalue weighted by Crippen LogP contribution is -2.56. The van der Waals surface area contributed by atoms with Crippen molar-refractivity contribution in [2.45, 2.75) is 19.6 Å². The number of hydrogen-bond acceptors (Lipinski definition) is 12. The number of quaternary nitrogens is 1. The maximum Gasteiger partial charge on any atom is 0.257 e. The Morgan fingerprint density at radius 3 is 1.20 bits per heavy atom. The van der Waals surface area contributed by atoms with Crippen LogP contribution in [0.25, 0.3) is 99.2 Å². The van der Waals surface area contributed by atoms with Crippen LogP contribution in [0.2, 0.25) is 0 Å². The molecule has 0 radical (unpaired) electrons. The Morgan fingerprint density at radius 1 is 0.408 bits per heavy atom. The van der Waals surface area contributed by atoms with Gasteiger partial charge in [0.1, 0.15) is 6.54 Å². The molecule has 0 bridgehead atoms. The van der Waals surface area contributed by atoms with Crippen LogP contribution in [0.15, 0.2) is 178 Å². The minimum Gasteiger partial charge on any atom is -0.632 e. The first-order valence-corrected chi connectivity index (χ1v) is 38.6. The van der Waals surface area contributed by atoms with Gasteiger partial charge in [0.2, 0.25) is 30.1 Å². The molecule has 0 amide bonds. The summed E-state index contributed by atoms with van der Waals surface area (Å²) < 4.78 is 76.3.